The number of halogens is 1. The van der Waals surface area contributed by atoms with Crippen LogP contribution in [0, 0.1) is 5.82 Å². The lowest BCUT2D eigenvalue weighted by molar-refractivity contribution is -0.135. The first-order valence-electron chi connectivity index (χ1n) is 4.82. The zero-order valence-corrected chi connectivity index (χ0v) is 8.39. The highest BCUT2D eigenvalue weighted by atomic mass is 19.1. The number of nitrogens with zero attached hydrogens (tertiary/aromatic N) is 1. The van der Waals surface area contributed by atoms with E-state index in [1.807, 2.05) is 0 Å². The summed E-state index contributed by atoms with van der Waals surface area (Å²) in [4.78, 5) is 14.6. The molecule has 1 aromatic carbocycles. The molecule has 1 N–H and O–H groups in total. The lowest BCUT2D eigenvalue weighted by atomic mass is 10.1. The number of rotatable bonds is 3. The van der Waals surface area contributed by atoms with E-state index in [1.165, 1.54) is 12.1 Å². The maximum absolute atomic E-state index is 12.7. The van der Waals surface area contributed by atoms with Gasteiger partial charge in [0.05, 0.1) is 0 Å². The molecule has 1 unspecified atom stereocenters. The Hall–Kier alpha value is -1.91. The van der Waals surface area contributed by atoms with Gasteiger partial charge < -0.3 is 9.84 Å². The number of carboxylic acid groups (broad SMARTS) is 1. The van der Waals surface area contributed by atoms with Crippen LogP contribution in [-0.4, -0.2) is 23.6 Å². The van der Waals surface area contributed by atoms with Crippen LogP contribution in [0.25, 0.3) is 0 Å². The van der Waals surface area contributed by atoms with Crippen molar-refractivity contribution < 1.29 is 19.0 Å². The van der Waals surface area contributed by atoms with Crippen molar-refractivity contribution in [3.63, 3.8) is 0 Å². The Morgan fingerprint density at radius 2 is 2.19 bits per heavy atom. The fourth-order valence-corrected chi connectivity index (χ4v) is 1.51. The summed E-state index contributed by atoms with van der Waals surface area (Å²) >= 11 is 0. The van der Waals surface area contributed by atoms with Gasteiger partial charge >= 0.3 is 5.97 Å². The molecule has 0 radical (unpaired) electrons. The lowest BCUT2D eigenvalue weighted by Gasteiger charge is -2.04. The average Bonchev–Trinajstić information content (AvgIpc) is 2.66. The Kier molecular flexibility index (Phi) is 2.85. The molecule has 0 bridgehead atoms. The van der Waals surface area contributed by atoms with Crippen LogP contribution in [0.2, 0.25) is 0 Å². The van der Waals surface area contributed by atoms with Gasteiger partial charge in [-0.25, -0.2) is 9.38 Å². The van der Waals surface area contributed by atoms with Gasteiger partial charge in [-0.05, 0) is 17.7 Å². The second-order valence-electron chi connectivity index (χ2n) is 3.47. The number of hydrogen-bond donors (Lipinski definition) is 1. The van der Waals surface area contributed by atoms with Gasteiger partial charge in [-0.15, -0.1) is 0 Å². The predicted molar refractivity (Wildman–Crippen MR) is 54.8 cm³/mol. The van der Waals surface area contributed by atoms with Gasteiger partial charge in [-0.1, -0.05) is 12.1 Å². The average molecular weight is 223 g/mol. The first-order chi connectivity index (χ1) is 7.65. The minimum Gasteiger partial charge on any atom is -0.481 e. The van der Waals surface area contributed by atoms with Crippen molar-refractivity contribution in [3.8, 4) is 0 Å². The first kappa shape index (κ1) is 10.6. The Morgan fingerprint density at radius 1 is 1.50 bits per heavy atom. The van der Waals surface area contributed by atoms with Crippen molar-refractivity contribution in [1.29, 1.82) is 0 Å². The molecule has 2 rings (SSSR count). The summed E-state index contributed by atoms with van der Waals surface area (Å²) in [6.45, 7) is 0.314. The largest absolute Gasteiger partial charge is 0.481 e. The molecular weight excluding hydrogens is 213 g/mol. The molecule has 0 saturated carbocycles. The molecule has 1 aliphatic rings. The fourth-order valence-electron chi connectivity index (χ4n) is 1.51. The minimum atomic E-state index is -0.974. The minimum absolute atomic E-state index is 0.211. The van der Waals surface area contributed by atoms with Gasteiger partial charge in [-0.3, -0.25) is 4.79 Å². The van der Waals surface area contributed by atoms with Gasteiger partial charge in [0, 0.05) is 0 Å². The molecule has 1 atom stereocenters. The van der Waals surface area contributed by atoms with E-state index in [9.17, 15) is 9.18 Å². The van der Waals surface area contributed by atoms with E-state index >= 15 is 0 Å². The summed E-state index contributed by atoms with van der Waals surface area (Å²) < 4.78 is 17.8. The molecule has 0 spiro atoms. The van der Waals surface area contributed by atoms with E-state index in [2.05, 4.69) is 4.99 Å². The van der Waals surface area contributed by atoms with Gasteiger partial charge in [-0.2, -0.15) is 0 Å². The number of aliphatic imine (C=N–C) groups is 1. The molecular formula is C11H10FNO3. The first-order valence-corrected chi connectivity index (χ1v) is 4.82. The third-order valence-corrected chi connectivity index (χ3v) is 2.26. The van der Waals surface area contributed by atoms with Gasteiger partial charge in [0.15, 0.2) is 5.90 Å². The summed E-state index contributed by atoms with van der Waals surface area (Å²) in [5.74, 6) is -1.06. The summed E-state index contributed by atoms with van der Waals surface area (Å²) in [6.07, 6.45) is -0.211. The van der Waals surface area contributed by atoms with Crippen LogP contribution >= 0.6 is 0 Å². The van der Waals surface area contributed by atoms with Crippen LogP contribution in [0.1, 0.15) is 18.0 Å². The van der Waals surface area contributed by atoms with Crippen LogP contribution in [0.5, 0.6) is 0 Å². The highest BCUT2D eigenvalue weighted by Crippen LogP contribution is 2.23. The zero-order chi connectivity index (χ0) is 11.5. The second-order valence-corrected chi connectivity index (χ2v) is 3.47. The standard InChI is InChI=1S/C11H10FNO3/c12-8-3-1-7(2-4-8)9-6-16-10(13-9)5-11(14)15/h1-4,9H,5-6H2,(H,14,15). The van der Waals surface area contributed by atoms with E-state index in [1.54, 1.807) is 12.1 Å². The summed E-state index contributed by atoms with van der Waals surface area (Å²) in [5, 5.41) is 8.56. The number of carbonyl (C=O) groups is 1. The SMILES string of the molecule is O=C(O)CC1=NC(c2ccc(F)cc2)CO1. The van der Waals surface area contributed by atoms with Crippen molar-refractivity contribution in [2.45, 2.75) is 12.5 Å². The van der Waals surface area contributed by atoms with Crippen LogP contribution in [0.4, 0.5) is 4.39 Å². The predicted octanol–water partition coefficient (Wildman–Crippen LogP) is 1.77. The van der Waals surface area contributed by atoms with Crippen molar-refractivity contribution >= 4 is 11.9 Å². The van der Waals surface area contributed by atoms with E-state index in [-0.39, 0.29) is 24.2 Å². The number of hydrogen-bond acceptors (Lipinski definition) is 3. The van der Waals surface area contributed by atoms with Crippen molar-refractivity contribution in [1.82, 2.24) is 0 Å². The van der Waals surface area contributed by atoms with Crippen molar-refractivity contribution in [2.24, 2.45) is 4.99 Å². The normalized spacial score (nSPS) is 19.1. The molecule has 1 heterocycles. The summed E-state index contributed by atoms with van der Waals surface area (Å²) in [5.41, 5.74) is 0.821. The molecule has 0 aromatic heterocycles. The van der Waals surface area contributed by atoms with E-state index in [0.717, 1.165) is 5.56 Å². The van der Waals surface area contributed by atoms with E-state index in [4.69, 9.17) is 9.84 Å². The van der Waals surface area contributed by atoms with Crippen molar-refractivity contribution in [3.05, 3.63) is 35.6 Å². The molecule has 5 heteroatoms. The fraction of sp³-hybridized carbons (Fsp3) is 0.273. The quantitative estimate of drug-likeness (QED) is 0.849. The molecule has 1 aliphatic heterocycles. The summed E-state index contributed by atoms with van der Waals surface area (Å²) in [6, 6.07) is 5.71. The zero-order valence-electron chi connectivity index (χ0n) is 8.39. The lowest BCUT2D eigenvalue weighted by Crippen LogP contribution is -2.06. The summed E-state index contributed by atoms with van der Waals surface area (Å²) in [7, 11) is 0. The Morgan fingerprint density at radius 3 is 2.81 bits per heavy atom. The van der Waals surface area contributed by atoms with E-state index < -0.39 is 5.97 Å². The Balaban J connectivity index is 2.10. The van der Waals surface area contributed by atoms with Crippen LogP contribution < -0.4 is 0 Å². The van der Waals surface area contributed by atoms with E-state index in [0.29, 0.717) is 6.61 Å². The second kappa shape index (κ2) is 4.30. The smallest absolute Gasteiger partial charge is 0.312 e. The molecule has 0 aliphatic carbocycles. The topological polar surface area (TPSA) is 58.9 Å². The molecule has 16 heavy (non-hydrogen) atoms. The highest BCUT2D eigenvalue weighted by molar-refractivity contribution is 5.94. The highest BCUT2D eigenvalue weighted by Gasteiger charge is 2.21. The molecule has 0 amide bonds. The molecule has 84 valence electrons. The number of carboxylic acids is 1. The van der Waals surface area contributed by atoms with Crippen LogP contribution in [0.3, 0.4) is 0 Å². The molecule has 1 aromatic rings. The Labute approximate surface area is 91.4 Å². The van der Waals surface area contributed by atoms with Gasteiger partial charge in [0.25, 0.3) is 0 Å². The van der Waals surface area contributed by atoms with Gasteiger partial charge in [0.2, 0.25) is 0 Å². The van der Waals surface area contributed by atoms with Crippen LogP contribution in [-0.2, 0) is 9.53 Å². The number of benzene rings is 1. The monoisotopic (exact) mass is 223 g/mol. The van der Waals surface area contributed by atoms with Crippen molar-refractivity contribution in [2.75, 3.05) is 6.61 Å². The molecule has 4 nitrogen and oxygen atoms in total. The third kappa shape index (κ3) is 2.36. The maximum atomic E-state index is 12.7. The van der Waals surface area contributed by atoms with Crippen LogP contribution in [0.15, 0.2) is 29.3 Å². The molecule has 0 fully saturated rings. The third-order valence-electron chi connectivity index (χ3n) is 2.26. The van der Waals surface area contributed by atoms with Gasteiger partial charge in [0.1, 0.15) is 24.9 Å². The number of aliphatic carboxylic acids is 1. The Bertz CT molecular complexity index is 427. The number of ether oxygens (including phenoxy) is 1. The molecule has 0 saturated heterocycles. The maximum Gasteiger partial charge on any atom is 0.312 e.